The number of carbonyl (C=O) groups excluding carboxylic acids is 2. The van der Waals surface area contributed by atoms with Crippen LogP contribution in [0.25, 0.3) is 0 Å². The normalized spacial score (nSPS) is 30.5. The second-order valence-corrected chi connectivity index (χ2v) is 9.71. The molecule has 0 radical (unpaired) electrons. The van der Waals surface area contributed by atoms with E-state index in [1.54, 1.807) is 20.8 Å². The van der Waals surface area contributed by atoms with Gasteiger partial charge in [-0.15, -0.1) is 0 Å². The van der Waals surface area contributed by atoms with Gasteiger partial charge >= 0.3 is 0 Å². The van der Waals surface area contributed by atoms with Crippen LogP contribution in [0.3, 0.4) is 0 Å². The van der Waals surface area contributed by atoms with Crippen molar-refractivity contribution in [3.63, 3.8) is 0 Å². The number of ether oxygens (including phenoxy) is 6. The molecular formula is C25H78O9. The van der Waals surface area contributed by atoms with Gasteiger partial charge in [0.1, 0.15) is 23.8 Å². The van der Waals surface area contributed by atoms with E-state index in [9.17, 15) is 9.59 Å². The van der Waals surface area contributed by atoms with Gasteiger partial charge in [0.15, 0.2) is 11.6 Å². The van der Waals surface area contributed by atoms with Gasteiger partial charge in [0.05, 0.1) is 45.2 Å². The van der Waals surface area contributed by atoms with Crippen LogP contribution in [0.15, 0.2) is 0 Å². The fraction of sp³-hybridized carbons (Fsp3) is 0.920. The monoisotopic (exact) mass is 523 g/mol. The number of aliphatic hydroxyl groups is 1. The summed E-state index contributed by atoms with van der Waals surface area (Å²) in [6.07, 6.45) is 2.77. The predicted molar refractivity (Wildman–Crippen MR) is 160 cm³/mol. The topological polar surface area (TPSA) is 110 Å². The van der Waals surface area contributed by atoms with Crippen molar-refractivity contribution in [3.05, 3.63) is 0 Å². The smallest absolute Gasteiger partial charge is 0.166 e. The third-order valence-corrected chi connectivity index (χ3v) is 5.65. The molecule has 2 aliphatic rings. The van der Waals surface area contributed by atoms with Crippen molar-refractivity contribution in [3.8, 4) is 0 Å². The van der Waals surface area contributed by atoms with Gasteiger partial charge in [0, 0.05) is 48.5 Å². The van der Waals surface area contributed by atoms with Crippen molar-refractivity contribution >= 4 is 11.6 Å². The third kappa shape index (κ3) is 13.2. The van der Waals surface area contributed by atoms with Gasteiger partial charge in [-0.2, -0.15) is 0 Å². The second kappa shape index (κ2) is 15.2. The van der Waals surface area contributed by atoms with Crippen molar-refractivity contribution in [1.82, 2.24) is 0 Å². The number of ketones is 2. The van der Waals surface area contributed by atoms with Crippen LogP contribution < -0.4 is 0 Å². The summed E-state index contributed by atoms with van der Waals surface area (Å²) in [5.74, 6) is -0.996. The Labute approximate surface area is 228 Å². The lowest BCUT2D eigenvalue weighted by molar-refractivity contribution is -0.167. The average Bonchev–Trinajstić information content (AvgIpc) is 3.33. The van der Waals surface area contributed by atoms with Gasteiger partial charge in [-0.3, -0.25) is 0 Å². The van der Waals surface area contributed by atoms with E-state index in [0.29, 0.717) is 58.7 Å². The number of Topliss-reactive ketones (excluding diaryl/α,β-unsaturated/α-hetero) is 2. The van der Waals surface area contributed by atoms with E-state index in [1.807, 2.05) is 20.8 Å². The molecule has 6 unspecified atom stereocenters. The number of hydrogen-bond donors (Lipinski definition) is 1. The molecule has 9 heteroatoms. The number of rotatable bonds is 14. The first-order valence-electron chi connectivity index (χ1n) is 12.4. The van der Waals surface area contributed by atoms with Crippen LogP contribution in [-0.2, 0) is 38.0 Å². The van der Waals surface area contributed by atoms with Crippen LogP contribution in [-0.4, -0.2) is 85.7 Å². The lowest BCUT2D eigenvalue weighted by Crippen LogP contribution is -2.29. The lowest BCUT2D eigenvalue weighted by atomic mass is 10.1. The first kappa shape index (κ1) is 31.1. The molecule has 1 N–H and O–H groups in total. The van der Waals surface area contributed by atoms with Gasteiger partial charge in [-0.1, -0.05) is 6.92 Å². The van der Waals surface area contributed by atoms with E-state index in [1.165, 1.54) is 0 Å². The quantitative estimate of drug-likeness (QED) is 0.255. The van der Waals surface area contributed by atoms with Gasteiger partial charge in [-0.05, 0) is 48.0 Å². The summed E-state index contributed by atoms with van der Waals surface area (Å²) < 4.78 is 33.6. The predicted octanol–water partition coefficient (Wildman–Crippen LogP) is 7.12. The molecule has 2 rings (SSSR count). The van der Waals surface area contributed by atoms with Crippen LogP contribution in [0, 0.1) is 0 Å². The molecule has 0 aliphatic carbocycles. The highest BCUT2D eigenvalue weighted by atomic mass is 16.8. The number of carbonyl (C=O) groups is 2. The van der Waals surface area contributed by atoms with Crippen molar-refractivity contribution in [2.24, 2.45) is 0 Å². The van der Waals surface area contributed by atoms with E-state index >= 15 is 0 Å². The first-order chi connectivity index (χ1) is 15.9. The Balaban J connectivity index is -0.0000000250. The maximum Gasteiger partial charge on any atom is 0.166 e. The minimum atomic E-state index is -0.676. The zero-order valence-corrected chi connectivity index (χ0v) is 22.1. The van der Waals surface area contributed by atoms with Crippen LogP contribution in [0.5, 0.6) is 0 Å². The molecule has 34 heavy (non-hydrogen) atoms. The summed E-state index contributed by atoms with van der Waals surface area (Å²) in [4.78, 5) is 21.8. The Morgan fingerprint density at radius 2 is 1.44 bits per heavy atom. The van der Waals surface area contributed by atoms with Crippen molar-refractivity contribution < 1.29 is 65.9 Å². The largest absolute Gasteiger partial charge is 0.391 e. The maximum atomic E-state index is 10.9. The highest BCUT2D eigenvalue weighted by molar-refractivity contribution is 5.75. The molecule has 6 atom stereocenters. The molecule has 0 aromatic rings. The SMILES string of the molecule is CC(=O)CCC1(C)OCC(COCC(C)O)O1.CCC(C)OCC1COC(C)(CCC(C)=O)O1.[HH].[HH].[HH].[HH].[HH].[HH].[HH].[HH].[HH].[HH].[HH].[HH].[HH].[HH].[HH].[HH]. The highest BCUT2D eigenvalue weighted by Crippen LogP contribution is 2.29. The third-order valence-electron chi connectivity index (χ3n) is 5.65. The van der Waals surface area contributed by atoms with Gasteiger partial charge in [-0.25, -0.2) is 0 Å². The highest BCUT2D eigenvalue weighted by Gasteiger charge is 2.38. The van der Waals surface area contributed by atoms with E-state index in [-0.39, 0.29) is 52.7 Å². The van der Waals surface area contributed by atoms with Crippen LogP contribution in [0.4, 0.5) is 0 Å². The molecule has 2 aliphatic heterocycles. The molecule has 0 saturated carbocycles. The summed E-state index contributed by atoms with van der Waals surface area (Å²) in [5.41, 5.74) is 0. The number of hydrogen-bond acceptors (Lipinski definition) is 9. The molecule has 0 spiro atoms. The summed E-state index contributed by atoms with van der Waals surface area (Å²) in [6.45, 7) is 14.9. The zero-order chi connectivity index (χ0) is 25.8. The first-order valence-corrected chi connectivity index (χ1v) is 12.4. The van der Waals surface area contributed by atoms with E-state index in [2.05, 4.69) is 6.92 Å². The standard InChI is InChI=1S/C13H24O4.C12H22O5.16H2/c1-5-11(3)15-8-12-9-16-13(4,17-12)7-6-10(2)14;1-9(13)4-5-12(3)16-8-11(17-12)7-15-6-10(2)14;;;;;;;;;;;;;;;;/h11-12H,5-9H2,1-4H3;10-11,14H,4-8H2,1-3H3;16*1H. The van der Waals surface area contributed by atoms with Crippen LogP contribution in [0.2, 0.25) is 0 Å². The Morgan fingerprint density at radius 1 is 0.971 bits per heavy atom. The van der Waals surface area contributed by atoms with Crippen molar-refractivity contribution in [1.29, 1.82) is 0 Å². The van der Waals surface area contributed by atoms with Gasteiger partial charge < -0.3 is 43.1 Å². The van der Waals surface area contributed by atoms with E-state index in [4.69, 9.17) is 33.5 Å². The summed E-state index contributed by atoms with van der Waals surface area (Å²) in [7, 11) is 0. The Kier molecular flexibility index (Phi) is 13.9. The molecule has 232 valence electrons. The van der Waals surface area contributed by atoms with E-state index in [0.717, 1.165) is 6.42 Å². The Morgan fingerprint density at radius 3 is 1.85 bits per heavy atom. The average molecular weight is 523 g/mol. The fourth-order valence-corrected chi connectivity index (χ4v) is 3.37. The number of aliphatic hydroxyl groups excluding tert-OH is 1. The molecule has 0 aromatic heterocycles. The lowest BCUT2D eigenvalue weighted by Gasteiger charge is -2.23. The fourth-order valence-electron chi connectivity index (χ4n) is 3.37. The second-order valence-electron chi connectivity index (χ2n) is 9.71. The molecule has 2 fully saturated rings. The van der Waals surface area contributed by atoms with Gasteiger partial charge in [0.2, 0.25) is 0 Å². The van der Waals surface area contributed by atoms with Crippen LogP contribution >= 0.6 is 0 Å². The van der Waals surface area contributed by atoms with E-state index < -0.39 is 17.7 Å². The summed E-state index contributed by atoms with van der Waals surface area (Å²) >= 11 is 0. The van der Waals surface area contributed by atoms with Gasteiger partial charge in [0.25, 0.3) is 0 Å². The maximum absolute atomic E-state index is 10.9. The molecule has 2 heterocycles. The van der Waals surface area contributed by atoms with Crippen molar-refractivity contribution in [2.45, 2.75) is 117 Å². The summed E-state index contributed by atoms with van der Waals surface area (Å²) in [6, 6.07) is 0. The molecule has 0 amide bonds. The zero-order valence-electron chi connectivity index (χ0n) is 22.1. The molecular weight excluding hydrogens is 444 g/mol. The molecule has 0 bridgehead atoms. The summed E-state index contributed by atoms with van der Waals surface area (Å²) in [5, 5.41) is 9.04. The Hall–Kier alpha value is -0.940. The molecule has 2 saturated heterocycles. The molecule has 0 aromatic carbocycles. The minimum Gasteiger partial charge on any atom is -0.391 e. The molecule has 9 nitrogen and oxygen atoms in total. The van der Waals surface area contributed by atoms with Crippen molar-refractivity contribution in [2.75, 3.05) is 33.0 Å². The minimum absolute atomic E-state index is 0. The van der Waals surface area contributed by atoms with Crippen LogP contribution in [0.1, 0.15) is 103 Å². The Bertz CT molecular complexity index is 656.